The van der Waals surface area contributed by atoms with Gasteiger partial charge in [0.15, 0.2) is 5.65 Å². The number of para-hydroxylation sites is 2. The number of hydrazone groups is 1. The van der Waals surface area contributed by atoms with Crippen molar-refractivity contribution in [3.8, 4) is 5.75 Å². The first-order valence-electron chi connectivity index (χ1n) is 9.96. The molecule has 29 heavy (non-hydrogen) atoms. The third kappa shape index (κ3) is 4.03. The fourth-order valence-electron chi connectivity index (χ4n) is 3.43. The number of phenols is 1. The van der Waals surface area contributed by atoms with Crippen molar-refractivity contribution < 1.29 is 5.11 Å². The molecule has 0 atom stereocenters. The highest BCUT2D eigenvalue weighted by Gasteiger charge is 2.14. The molecule has 0 saturated carbocycles. The summed E-state index contributed by atoms with van der Waals surface area (Å²) in [7, 11) is 0. The first-order valence-corrected chi connectivity index (χ1v) is 9.96. The van der Waals surface area contributed by atoms with Crippen LogP contribution in [-0.4, -0.2) is 31.1 Å². The fraction of sp³-hybridized carbons (Fsp3) is 0.273. The number of benzene rings is 2. The number of aromatic nitrogens is 4. The molecule has 0 bridgehead atoms. The van der Waals surface area contributed by atoms with Gasteiger partial charge in [0.05, 0.1) is 11.7 Å². The molecule has 2 N–H and O–H groups in total. The van der Waals surface area contributed by atoms with Crippen molar-refractivity contribution in [3.05, 3.63) is 54.1 Å². The lowest BCUT2D eigenvalue weighted by molar-refractivity contribution is 0.474. The van der Waals surface area contributed by atoms with Crippen LogP contribution in [0.3, 0.4) is 0 Å². The molecule has 0 aliphatic heterocycles. The van der Waals surface area contributed by atoms with Crippen molar-refractivity contribution in [2.24, 2.45) is 5.10 Å². The normalized spacial score (nSPS) is 11.6. The summed E-state index contributed by atoms with van der Waals surface area (Å²) in [6, 6.07) is 15.2. The van der Waals surface area contributed by atoms with Crippen molar-refractivity contribution in [1.29, 1.82) is 0 Å². The fourth-order valence-corrected chi connectivity index (χ4v) is 3.43. The van der Waals surface area contributed by atoms with Crippen molar-refractivity contribution >= 4 is 34.2 Å². The highest BCUT2D eigenvalue weighted by atomic mass is 16.3. The number of nitrogens with one attached hydrogen (secondary N) is 1. The molecule has 0 aliphatic rings. The van der Waals surface area contributed by atoms with Gasteiger partial charge in [0.1, 0.15) is 11.3 Å². The first-order chi connectivity index (χ1) is 14.3. The summed E-state index contributed by atoms with van der Waals surface area (Å²) in [6.07, 6.45) is 6.26. The van der Waals surface area contributed by atoms with E-state index in [1.807, 2.05) is 18.2 Å². The van der Waals surface area contributed by atoms with Gasteiger partial charge in [-0.1, -0.05) is 56.5 Å². The lowest BCUT2D eigenvalue weighted by atomic mass is 10.2. The van der Waals surface area contributed by atoms with Gasteiger partial charge in [0.2, 0.25) is 0 Å². The van der Waals surface area contributed by atoms with E-state index in [1.54, 1.807) is 18.2 Å². The molecule has 4 aromatic rings. The molecule has 4 rings (SSSR count). The van der Waals surface area contributed by atoms with Crippen LogP contribution in [0.2, 0.25) is 0 Å². The lowest BCUT2D eigenvalue weighted by Gasteiger charge is -2.06. The Kier molecular flexibility index (Phi) is 5.65. The first kappa shape index (κ1) is 18.9. The van der Waals surface area contributed by atoms with Crippen LogP contribution in [0, 0.1) is 0 Å². The predicted molar refractivity (Wildman–Crippen MR) is 116 cm³/mol. The smallest absolute Gasteiger partial charge is 0.265 e. The molecule has 7 nitrogen and oxygen atoms in total. The topological polar surface area (TPSA) is 88.2 Å². The molecule has 0 fully saturated rings. The Labute approximate surface area is 169 Å². The number of rotatable bonds is 8. The van der Waals surface area contributed by atoms with E-state index >= 15 is 0 Å². The Hall–Kier alpha value is -3.48. The molecular formula is C22H24N6O. The average Bonchev–Trinajstić information content (AvgIpc) is 3.06. The van der Waals surface area contributed by atoms with E-state index in [0.29, 0.717) is 11.5 Å². The second-order valence-corrected chi connectivity index (χ2v) is 6.97. The molecule has 0 radical (unpaired) electrons. The zero-order chi connectivity index (χ0) is 20.1. The van der Waals surface area contributed by atoms with Crippen molar-refractivity contribution in [1.82, 2.24) is 19.7 Å². The second-order valence-electron chi connectivity index (χ2n) is 6.97. The quantitative estimate of drug-likeness (QED) is 0.259. The Bertz CT molecular complexity index is 1150. The summed E-state index contributed by atoms with van der Waals surface area (Å²) < 4.78 is 2.22. The standard InChI is InChI=1S/C22H24N6O/c1-2-3-4-9-14-28-18-12-7-6-11-17(18)20-21(28)24-22(27-25-20)26-23-15-16-10-5-8-13-19(16)29/h5-8,10-13,15,29H,2-4,9,14H2,1H3,(H,24,26,27)/b23-15+. The van der Waals surface area contributed by atoms with Crippen LogP contribution in [0.25, 0.3) is 22.1 Å². The maximum Gasteiger partial charge on any atom is 0.265 e. The average molecular weight is 388 g/mol. The van der Waals surface area contributed by atoms with Gasteiger partial charge >= 0.3 is 0 Å². The molecule has 0 amide bonds. The minimum absolute atomic E-state index is 0.166. The number of unbranched alkanes of at least 4 members (excludes halogenated alkanes) is 3. The van der Waals surface area contributed by atoms with Gasteiger partial charge in [0.25, 0.3) is 5.95 Å². The molecule has 0 aliphatic carbocycles. The second kappa shape index (κ2) is 8.68. The number of phenolic OH excluding ortho intramolecular Hbond substituents is 1. The van der Waals surface area contributed by atoms with E-state index in [2.05, 4.69) is 49.3 Å². The summed E-state index contributed by atoms with van der Waals surface area (Å²) in [5.41, 5.74) is 6.15. The van der Waals surface area contributed by atoms with E-state index in [1.165, 1.54) is 25.5 Å². The van der Waals surface area contributed by atoms with Crippen LogP contribution in [0.5, 0.6) is 5.75 Å². The maximum absolute atomic E-state index is 9.82. The summed E-state index contributed by atoms with van der Waals surface area (Å²) >= 11 is 0. The molecule has 2 aromatic carbocycles. The van der Waals surface area contributed by atoms with E-state index in [9.17, 15) is 5.11 Å². The van der Waals surface area contributed by atoms with E-state index in [0.717, 1.165) is 35.0 Å². The highest BCUT2D eigenvalue weighted by molar-refractivity contribution is 6.04. The monoisotopic (exact) mass is 388 g/mol. The van der Waals surface area contributed by atoms with Crippen molar-refractivity contribution in [2.75, 3.05) is 5.43 Å². The largest absolute Gasteiger partial charge is 0.507 e. The number of aromatic hydroxyl groups is 1. The Morgan fingerprint density at radius 3 is 2.72 bits per heavy atom. The van der Waals surface area contributed by atoms with E-state index in [4.69, 9.17) is 0 Å². The van der Waals surface area contributed by atoms with Crippen LogP contribution >= 0.6 is 0 Å². The zero-order valence-corrected chi connectivity index (χ0v) is 16.4. The molecule has 7 heteroatoms. The van der Waals surface area contributed by atoms with Gasteiger partial charge in [-0.3, -0.25) is 0 Å². The summed E-state index contributed by atoms with van der Waals surface area (Å²) in [5, 5.41) is 23.6. The van der Waals surface area contributed by atoms with Crippen LogP contribution in [0.4, 0.5) is 5.95 Å². The van der Waals surface area contributed by atoms with Gasteiger partial charge < -0.3 is 9.67 Å². The number of aryl methyl sites for hydroxylation is 1. The summed E-state index contributed by atoms with van der Waals surface area (Å²) in [6.45, 7) is 3.11. The summed E-state index contributed by atoms with van der Waals surface area (Å²) in [4.78, 5) is 4.67. The van der Waals surface area contributed by atoms with Gasteiger partial charge in [0, 0.05) is 17.5 Å². The third-order valence-corrected chi connectivity index (χ3v) is 4.91. The lowest BCUT2D eigenvalue weighted by Crippen LogP contribution is -2.03. The number of anilines is 1. The van der Waals surface area contributed by atoms with Gasteiger partial charge in [-0.15, -0.1) is 10.2 Å². The third-order valence-electron chi connectivity index (χ3n) is 4.91. The van der Waals surface area contributed by atoms with Crippen LogP contribution < -0.4 is 5.43 Å². The van der Waals surface area contributed by atoms with Crippen LogP contribution in [0.1, 0.15) is 38.2 Å². The van der Waals surface area contributed by atoms with Crippen molar-refractivity contribution in [2.45, 2.75) is 39.2 Å². The molecule has 2 heterocycles. The molecule has 0 spiro atoms. The highest BCUT2D eigenvalue weighted by Crippen LogP contribution is 2.27. The number of hydrogen-bond donors (Lipinski definition) is 2. The summed E-state index contributed by atoms with van der Waals surface area (Å²) in [5.74, 6) is 0.488. The molecule has 148 valence electrons. The zero-order valence-electron chi connectivity index (χ0n) is 16.4. The maximum atomic E-state index is 9.82. The minimum atomic E-state index is 0.166. The van der Waals surface area contributed by atoms with E-state index in [-0.39, 0.29) is 5.75 Å². The number of fused-ring (bicyclic) bond motifs is 3. The number of hydrogen-bond acceptors (Lipinski definition) is 6. The Morgan fingerprint density at radius 1 is 1.03 bits per heavy atom. The van der Waals surface area contributed by atoms with Crippen molar-refractivity contribution in [3.63, 3.8) is 0 Å². The predicted octanol–water partition coefficient (Wildman–Crippen LogP) is 4.71. The van der Waals surface area contributed by atoms with Crippen LogP contribution in [-0.2, 0) is 6.54 Å². The molecule has 0 unspecified atom stereocenters. The van der Waals surface area contributed by atoms with Gasteiger partial charge in [-0.2, -0.15) is 10.1 Å². The van der Waals surface area contributed by atoms with Gasteiger partial charge in [-0.05, 0) is 24.6 Å². The molecule has 0 saturated heterocycles. The Balaban J connectivity index is 1.63. The van der Waals surface area contributed by atoms with E-state index < -0.39 is 0 Å². The van der Waals surface area contributed by atoms with Gasteiger partial charge in [-0.25, -0.2) is 5.43 Å². The molecule has 2 aromatic heterocycles. The Morgan fingerprint density at radius 2 is 1.86 bits per heavy atom. The SMILES string of the molecule is CCCCCCn1c2ccccc2c2nnc(N/N=C/c3ccccc3O)nc21. The van der Waals surface area contributed by atoms with Crippen LogP contribution in [0.15, 0.2) is 53.6 Å². The molecular weight excluding hydrogens is 364 g/mol. The minimum Gasteiger partial charge on any atom is -0.507 e. The number of nitrogens with zero attached hydrogens (tertiary/aromatic N) is 5.